The number of amides is 2. The number of nitrogens with zero attached hydrogens (tertiary/aromatic N) is 1. The molecule has 132 valence electrons. The van der Waals surface area contributed by atoms with Gasteiger partial charge >= 0.3 is 0 Å². The molecule has 0 radical (unpaired) electrons. The summed E-state index contributed by atoms with van der Waals surface area (Å²) in [5.41, 5.74) is 1.09. The van der Waals surface area contributed by atoms with E-state index in [-0.39, 0.29) is 23.9 Å². The van der Waals surface area contributed by atoms with Gasteiger partial charge in [-0.25, -0.2) is 0 Å². The highest BCUT2D eigenvalue weighted by atomic mass is 16.5. The Kier molecular flexibility index (Phi) is 7.21. The molecular formula is C18H27N3O3. The molecule has 6 nitrogen and oxygen atoms in total. The van der Waals surface area contributed by atoms with Crippen LogP contribution in [0.15, 0.2) is 30.3 Å². The van der Waals surface area contributed by atoms with Gasteiger partial charge in [-0.15, -0.1) is 0 Å². The van der Waals surface area contributed by atoms with E-state index in [1.165, 1.54) is 0 Å². The smallest absolute Gasteiger partial charge is 0.237 e. The van der Waals surface area contributed by atoms with E-state index in [1.54, 1.807) is 14.2 Å². The van der Waals surface area contributed by atoms with E-state index < -0.39 is 0 Å². The molecule has 0 saturated carbocycles. The number of likely N-dealkylation sites (N-methyl/N-ethyl adjacent to an activating group) is 1. The standard InChI is InChI=1S/C18H27N3O3/c1-19-17(22)16(13-14-7-4-3-5-8-14)21-11-6-9-15(21)18(23)20-10-12-24-2/h3-5,7-8,15-16H,6,9-13H2,1-2H3,(H,19,22)(H,20,23). The quantitative estimate of drug-likeness (QED) is 0.683. The predicted octanol–water partition coefficient (Wildman–Crippen LogP) is 0.571. The van der Waals surface area contributed by atoms with E-state index >= 15 is 0 Å². The van der Waals surface area contributed by atoms with Crippen molar-refractivity contribution >= 4 is 11.8 Å². The molecular weight excluding hydrogens is 306 g/mol. The highest BCUT2D eigenvalue weighted by molar-refractivity contribution is 5.85. The Morgan fingerprint density at radius 3 is 2.75 bits per heavy atom. The lowest BCUT2D eigenvalue weighted by atomic mass is 10.0. The van der Waals surface area contributed by atoms with Gasteiger partial charge in [-0.3, -0.25) is 14.5 Å². The summed E-state index contributed by atoms with van der Waals surface area (Å²) in [5.74, 6) is -0.0676. The second-order valence-electron chi connectivity index (χ2n) is 6.00. The van der Waals surface area contributed by atoms with Crippen LogP contribution in [-0.4, -0.2) is 62.7 Å². The monoisotopic (exact) mass is 333 g/mol. The number of carbonyl (C=O) groups is 2. The SMILES string of the molecule is CNC(=O)C(Cc1ccccc1)N1CCCC1C(=O)NCCOC. The highest BCUT2D eigenvalue weighted by Gasteiger charge is 2.38. The zero-order valence-corrected chi connectivity index (χ0v) is 14.5. The number of hydrogen-bond acceptors (Lipinski definition) is 4. The third-order valence-electron chi connectivity index (χ3n) is 4.42. The van der Waals surface area contributed by atoms with Crippen molar-refractivity contribution in [3.8, 4) is 0 Å². The van der Waals surface area contributed by atoms with E-state index in [0.717, 1.165) is 24.9 Å². The molecule has 0 aliphatic carbocycles. The molecule has 0 spiro atoms. The number of benzene rings is 1. The lowest BCUT2D eigenvalue weighted by molar-refractivity contribution is -0.131. The number of hydrogen-bond donors (Lipinski definition) is 2. The molecule has 1 aromatic rings. The van der Waals surface area contributed by atoms with Crippen molar-refractivity contribution in [1.29, 1.82) is 0 Å². The number of rotatable bonds is 8. The fourth-order valence-electron chi connectivity index (χ4n) is 3.20. The van der Waals surface area contributed by atoms with E-state index in [9.17, 15) is 9.59 Å². The first kappa shape index (κ1) is 18.4. The van der Waals surface area contributed by atoms with Crippen molar-refractivity contribution in [3.63, 3.8) is 0 Å². The van der Waals surface area contributed by atoms with Crippen LogP contribution in [0, 0.1) is 0 Å². The Labute approximate surface area is 143 Å². The van der Waals surface area contributed by atoms with Crippen LogP contribution in [0.4, 0.5) is 0 Å². The van der Waals surface area contributed by atoms with E-state index in [0.29, 0.717) is 19.6 Å². The van der Waals surface area contributed by atoms with E-state index in [1.807, 2.05) is 35.2 Å². The summed E-state index contributed by atoms with van der Waals surface area (Å²) in [7, 11) is 3.25. The summed E-state index contributed by atoms with van der Waals surface area (Å²) in [6.45, 7) is 1.73. The van der Waals surface area contributed by atoms with Crippen molar-refractivity contribution in [2.24, 2.45) is 0 Å². The van der Waals surface area contributed by atoms with Gasteiger partial charge in [0.1, 0.15) is 0 Å². The third kappa shape index (κ3) is 4.79. The van der Waals surface area contributed by atoms with Gasteiger partial charge in [0.05, 0.1) is 18.7 Å². The van der Waals surface area contributed by atoms with Crippen molar-refractivity contribution in [1.82, 2.24) is 15.5 Å². The maximum absolute atomic E-state index is 12.5. The minimum Gasteiger partial charge on any atom is -0.383 e. The Morgan fingerprint density at radius 1 is 1.33 bits per heavy atom. The second-order valence-corrected chi connectivity index (χ2v) is 6.00. The molecule has 1 heterocycles. The van der Waals surface area contributed by atoms with Gasteiger partial charge in [0.25, 0.3) is 0 Å². The van der Waals surface area contributed by atoms with Crippen LogP contribution in [-0.2, 0) is 20.7 Å². The van der Waals surface area contributed by atoms with Crippen LogP contribution in [0.5, 0.6) is 0 Å². The van der Waals surface area contributed by atoms with Crippen LogP contribution in [0.2, 0.25) is 0 Å². The van der Waals surface area contributed by atoms with Crippen molar-refractivity contribution in [3.05, 3.63) is 35.9 Å². The zero-order chi connectivity index (χ0) is 17.4. The van der Waals surface area contributed by atoms with Crippen LogP contribution in [0.25, 0.3) is 0 Å². The van der Waals surface area contributed by atoms with E-state index in [4.69, 9.17) is 4.74 Å². The van der Waals surface area contributed by atoms with Crippen LogP contribution < -0.4 is 10.6 Å². The van der Waals surface area contributed by atoms with Crippen molar-refractivity contribution < 1.29 is 14.3 Å². The molecule has 2 atom stereocenters. The molecule has 1 fully saturated rings. The Morgan fingerprint density at radius 2 is 2.08 bits per heavy atom. The van der Waals surface area contributed by atoms with Crippen LogP contribution >= 0.6 is 0 Å². The molecule has 1 saturated heterocycles. The van der Waals surface area contributed by atoms with E-state index in [2.05, 4.69) is 10.6 Å². The molecule has 1 aliphatic rings. The average Bonchev–Trinajstić information content (AvgIpc) is 3.09. The minimum absolute atomic E-state index is 0.0217. The molecule has 0 bridgehead atoms. The summed E-state index contributed by atoms with van der Waals surface area (Å²) in [6.07, 6.45) is 2.30. The first-order chi connectivity index (χ1) is 11.7. The molecule has 2 rings (SSSR count). The molecule has 6 heteroatoms. The summed E-state index contributed by atoms with van der Waals surface area (Å²) >= 11 is 0. The lowest BCUT2D eigenvalue weighted by Gasteiger charge is -2.31. The second kappa shape index (κ2) is 9.39. The van der Waals surface area contributed by atoms with Crippen LogP contribution in [0.1, 0.15) is 18.4 Å². The summed E-state index contributed by atoms with van der Waals surface area (Å²) < 4.78 is 4.97. The fraction of sp³-hybridized carbons (Fsp3) is 0.556. The highest BCUT2D eigenvalue weighted by Crippen LogP contribution is 2.22. The van der Waals surface area contributed by atoms with Gasteiger partial charge in [0.2, 0.25) is 11.8 Å². The zero-order valence-electron chi connectivity index (χ0n) is 14.5. The van der Waals surface area contributed by atoms with Gasteiger partial charge in [-0.05, 0) is 31.4 Å². The number of nitrogens with one attached hydrogen (secondary N) is 2. The number of carbonyl (C=O) groups excluding carboxylic acids is 2. The van der Waals surface area contributed by atoms with Gasteiger partial charge in [0.15, 0.2) is 0 Å². The first-order valence-corrected chi connectivity index (χ1v) is 8.45. The van der Waals surface area contributed by atoms with Gasteiger partial charge in [0, 0.05) is 20.7 Å². The van der Waals surface area contributed by atoms with Crippen LogP contribution in [0.3, 0.4) is 0 Å². The molecule has 24 heavy (non-hydrogen) atoms. The molecule has 1 aromatic carbocycles. The average molecular weight is 333 g/mol. The van der Waals surface area contributed by atoms with Gasteiger partial charge < -0.3 is 15.4 Å². The first-order valence-electron chi connectivity index (χ1n) is 8.45. The topological polar surface area (TPSA) is 70.7 Å². The van der Waals surface area contributed by atoms with Gasteiger partial charge in [-0.1, -0.05) is 30.3 Å². The maximum Gasteiger partial charge on any atom is 0.237 e. The molecule has 0 aromatic heterocycles. The number of methoxy groups -OCH3 is 1. The van der Waals surface area contributed by atoms with Crippen molar-refractivity contribution in [2.45, 2.75) is 31.3 Å². The lowest BCUT2D eigenvalue weighted by Crippen LogP contribution is -2.53. The van der Waals surface area contributed by atoms with Gasteiger partial charge in [-0.2, -0.15) is 0 Å². The normalized spacial score (nSPS) is 19.0. The summed E-state index contributed by atoms with van der Waals surface area (Å²) in [4.78, 5) is 26.9. The molecule has 1 aliphatic heterocycles. The summed E-state index contributed by atoms with van der Waals surface area (Å²) in [6, 6.07) is 9.33. The minimum atomic E-state index is -0.335. The fourth-order valence-corrected chi connectivity index (χ4v) is 3.20. The molecule has 2 unspecified atom stereocenters. The Hall–Kier alpha value is -1.92. The Bertz CT molecular complexity index is 536. The third-order valence-corrected chi connectivity index (χ3v) is 4.42. The summed E-state index contributed by atoms with van der Waals surface area (Å²) in [5, 5.41) is 5.64. The maximum atomic E-state index is 12.5. The largest absolute Gasteiger partial charge is 0.383 e. The van der Waals surface area contributed by atoms with Crippen molar-refractivity contribution in [2.75, 3.05) is 33.9 Å². The number of ether oxygens (including phenoxy) is 1. The Balaban J connectivity index is 2.09. The molecule has 2 amide bonds. The predicted molar refractivity (Wildman–Crippen MR) is 92.6 cm³/mol. The number of likely N-dealkylation sites (tertiary alicyclic amines) is 1. The molecule has 2 N–H and O–H groups in total.